The van der Waals surface area contributed by atoms with E-state index in [4.69, 9.17) is 0 Å². The van der Waals surface area contributed by atoms with Crippen LogP contribution in [0.4, 0.5) is 0 Å². The van der Waals surface area contributed by atoms with Crippen molar-refractivity contribution in [2.75, 3.05) is 0 Å². The molecule has 0 radical (unpaired) electrons. The Morgan fingerprint density at radius 2 is 1.68 bits per heavy atom. The van der Waals surface area contributed by atoms with Gasteiger partial charge in [-0.3, -0.25) is 0 Å². The van der Waals surface area contributed by atoms with Gasteiger partial charge in [0.05, 0.1) is 0 Å². The van der Waals surface area contributed by atoms with Crippen molar-refractivity contribution in [3.8, 4) is 0 Å². The van der Waals surface area contributed by atoms with E-state index in [0.717, 1.165) is 18.4 Å². The third kappa shape index (κ3) is 3.62. The summed E-state index contributed by atoms with van der Waals surface area (Å²) in [6.07, 6.45) is 19.2. The number of rotatable bonds is 3. The van der Waals surface area contributed by atoms with E-state index in [1.807, 2.05) is 12.4 Å². The molecule has 0 spiro atoms. The Bertz CT molecular complexity index is 743. The third-order valence-corrected chi connectivity index (χ3v) is 21.9. The van der Waals surface area contributed by atoms with Gasteiger partial charge in [0.25, 0.3) is 0 Å². The van der Waals surface area contributed by atoms with Crippen LogP contribution < -0.4 is 0 Å². The molecule has 1 aromatic heterocycles. The average Bonchev–Trinajstić information content (AvgIpc) is 3.12. The van der Waals surface area contributed by atoms with E-state index < -0.39 is 17.4 Å². The van der Waals surface area contributed by atoms with Crippen molar-refractivity contribution in [3.05, 3.63) is 61.2 Å². The molecule has 0 fully saturated rings. The van der Waals surface area contributed by atoms with Crippen LogP contribution in [-0.4, -0.2) is 16.8 Å². The number of halogens is 2. The van der Waals surface area contributed by atoms with Crippen LogP contribution in [0.15, 0.2) is 55.7 Å². The minimum atomic E-state index is -2.88. The third-order valence-electron chi connectivity index (χ3n) is 4.63. The van der Waals surface area contributed by atoms with Gasteiger partial charge in [0.2, 0.25) is 0 Å². The van der Waals surface area contributed by atoms with Gasteiger partial charge in [-0.25, -0.2) is 0 Å². The van der Waals surface area contributed by atoms with E-state index in [-0.39, 0.29) is 24.8 Å². The Morgan fingerprint density at radius 3 is 2.27 bits per heavy atom. The van der Waals surface area contributed by atoms with Crippen LogP contribution in [0.5, 0.6) is 0 Å². The fourth-order valence-electron chi connectivity index (χ4n) is 2.99. The molecule has 2 nitrogen and oxygen atoms in total. The fourth-order valence-corrected chi connectivity index (χ4v) is 13.8. The maximum absolute atomic E-state index is 4.13. The van der Waals surface area contributed by atoms with Crippen LogP contribution in [0.3, 0.4) is 0 Å². The summed E-state index contributed by atoms with van der Waals surface area (Å²) in [4.78, 5) is 8.27. The first kappa shape index (κ1) is 19.8. The zero-order chi connectivity index (χ0) is 14.2. The topological polar surface area (TPSA) is 25.8 Å². The first-order chi connectivity index (χ1) is 9.46. The minimum absolute atomic E-state index is 0. The molecule has 22 heavy (non-hydrogen) atoms. The summed E-state index contributed by atoms with van der Waals surface area (Å²) < 4.78 is 8.50. The van der Waals surface area contributed by atoms with E-state index in [9.17, 15) is 0 Å². The Morgan fingerprint density at radius 1 is 1.00 bits per heavy atom. The van der Waals surface area contributed by atoms with Crippen LogP contribution in [0, 0.1) is 0 Å². The second kappa shape index (κ2) is 7.09. The maximum atomic E-state index is 4.13. The fraction of sp³-hybridized carbons (Fsp3) is 0.250. The van der Waals surface area contributed by atoms with Crippen LogP contribution >= 0.6 is 24.8 Å². The summed E-state index contributed by atoms with van der Waals surface area (Å²) in [5.74, 6) is 0. The second-order valence-corrected chi connectivity index (χ2v) is 35.6. The molecule has 0 saturated carbocycles. The number of hydrogen-bond acceptors (Lipinski definition) is 2. The van der Waals surface area contributed by atoms with E-state index >= 15 is 0 Å². The predicted octanol–water partition coefficient (Wildman–Crippen LogP) is 4.17. The molecule has 1 aromatic rings. The number of allylic oxidation sites excluding steroid dienone is 8. The van der Waals surface area contributed by atoms with Gasteiger partial charge in [-0.2, -0.15) is 0 Å². The van der Waals surface area contributed by atoms with Crippen molar-refractivity contribution >= 4 is 37.3 Å². The molecule has 0 unspecified atom stereocenters. The van der Waals surface area contributed by atoms with E-state index in [1.165, 1.54) is 5.57 Å². The van der Waals surface area contributed by atoms with Gasteiger partial charge in [-0.05, 0) is 0 Å². The molecule has 0 aliphatic heterocycles. The quantitative estimate of drug-likeness (QED) is 0.670. The molecule has 2 aliphatic rings. The molecule has 0 bridgehead atoms. The normalized spacial score (nSPS) is 17.1. The molecule has 0 amide bonds. The Balaban J connectivity index is 0.00000121. The Kier molecular flexibility index (Phi) is 6.37. The van der Waals surface area contributed by atoms with Crippen molar-refractivity contribution in [1.82, 2.24) is 9.97 Å². The monoisotopic (exact) mass is 430 g/mol. The molecule has 0 saturated heterocycles. The van der Waals surface area contributed by atoms with Crippen molar-refractivity contribution in [2.45, 2.75) is 22.1 Å². The van der Waals surface area contributed by atoms with E-state index in [1.54, 1.807) is 12.9 Å². The molecular formula is C16H22Cl2N2SiZr. The van der Waals surface area contributed by atoms with Crippen LogP contribution in [0.25, 0.3) is 5.57 Å². The number of hydrogen-bond donors (Lipinski definition) is 0. The molecule has 118 valence electrons. The van der Waals surface area contributed by atoms with E-state index in [0.29, 0.717) is 0 Å². The Labute approximate surface area is 147 Å². The summed E-state index contributed by atoms with van der Waals surface area (Å²) in [6, 6.07) is 0. The first-order valence-corrected chi connectivity index (χ1v) is 20.3. The van der Waals surface area contributed by atoms with Crippen molar-refractivity contribution in [3.63, 3.8) is 0 Å². The zero-order valence-corrected chi connectivity index (χ0v) is 18.5. The van der Waals surface area contributed by atoms with Gasteiger partial charge < -0.3 is 0 Å². The van der Waals surface area contributed by atoms with Crippen LogP contribution in [0.1, 0.15) is 18.4 Å². The molecule has 2 aliphatic carbocycles. The summed E-state index contributed by atoms with van der Waals surface area (Å²) in [5, 5.41) is 0. The zero-order valence-electron chi connectivity index (χ0n) is 13.0. The van der Waals surface area contributed by atoms with Crippen molar-refractivity contribution < 1.29 is 17.4 Å². The van der Waals surface area contributed by atoms with Gasteiger partial charge in [-0.1, -0.05) is 0 Å². The molecule has 3 rings (SSSR count). The standard InChI is InChI=1S/C9H7N2.C5H5.2CH3.2ClH.H2Si.Zr/c1-2-4-8(3-1)9-5-10-7-11-6-9;1-2-4-5-3-1;;;;;;/h1,3,5-7H,4H2;1-3H,4H2;2*1H3;2*1H;1H2;. The molecule has 0 atom stereocenters. The van der Waals surface area contributed by atoms with Gasteiger partial charge in [0.1, 0.15) is 0 Å². The molecule has 0 aromatic carbocycles. The SMILES string of the molecule is Cl.Cl.[CH3][Zr]([CH3])(=[SiH2])([C]1=CC=CC1)[C]1=CC=C(c2cncnc2)C1. The van der Waals surface area contributed by atoms with Gasteiger partial charge in [0.15, 0.2) is 0 Å². The van der Waals surface area contributed by atoms with Crippen molar-refractivity contribution in [1.29, 1.82) is 0 Å². The number of aromatic nitrogens is 2. The predicted molar refractivity (Wildman–Crippen MR) is 99.3 cm³/mol. The summed E-state index contributed by atoms with van der Waals surface area (Å²) in [5.41, 5.74) is 2.52. The number of nitrogens with zero attached hydrogens (tertiary/aromatic N) is 2. The van der Waals surface area contributed by atoms with Gasteiger partial charge >= 0.3 is 123 Å². The molecule has 1 heterocycles. The molecular weight excluding hydrogens is 410 g/mol. The molecule has 0 N–H and O–H groups in total. The second-order valence-electron chi connectivity index (χ2n) is 6.70. The van der Waals surface area contributed by atoms with Crippen LogP contribution in [0.2, 0.25) is 9.26 Å². The Hall–Kier alpha value is -0.280. The van der Waals surface area contributed by atoms with E-state index in [2.05, 4.69) is 56.5 Å². The average molecular weight is 433 g/mol. The summed E-state index contributed by atoms with van der Waals surface area (Å²) >= 11 is -2.88. The summed E-state index contributed by atoms with van der Waals surface area (Å²) in [6.45, 7) is 2.30. The van der Waals surface area contributed by atoms with Gasteiger partial charge in [-0.15, -0.1) is 24.8 Å². The van der Waals surface area contributed by atoms with Crippen LogP contribution in [-0.2, 0) is 17.4 Å². The van der Waals surface area contributed by atoms with Gasteiger partial charge in [0, 0.05) is 0 Å². The van der Waals surface area contributed by atoms with Crippen molar-refractivity contribution in [2.24, 2.45) is 0 Å². The molecule has 6 heteroatoms. The summed E-state index contributed by atoms with van der Waals surface area (Å²) in [7, 11) is 0. The first-order valence-electron chi connectivity index (χ1n) is 7.05.